The lowest BCUT2D eigenvalue weighted by molar-refractivity contribution is -0.385. The lowest BCUT2D eigenvalue weighted by Crippen LogP contribution is -2.11. The van der Waals surface area contributed by atoms with Crippen LogP contribution in [0.5, 0.6) is 11.5 Å². The molecular weight excluding hydrogens is 310 g/mol. The van der Waals surface area contributed by atoms with Crippen molar-refractivity contribution in [3.8, 4) is 11.5 Å². The molecule has 0 radical (unpaired) electrons. The monoisotopic (exact) mass is 323 g/mol. The number of para-hydroxylation sites is 2. The Morgan fingerprint density at radius 2 is 1.73 bits per heavy atom. The third-order valence-electron chi connectivity index (χ3n) is 2.93. The second-order valence-corrected chi connectivity index (χ2v) is 5.94. The van der Waals surface area contributed by atoms with Crippen LogP contribution < -0.4 is 8.92 Å². The molecule has 0 aliphatic rings. The van der Waals surface area contributed by atoms with E-state index in [0.29, 0.717) is 5.56 Å². The highest BCUT2D eigenvalue weighted by Gasteiger charge is 2.22. The minimum atomic E-state index is -4.20. The molecule has 7 nitrogen and oxygen atoms in total. The molecule has 0 saturated heterocycles. The molecule has 2 aromatic rings. The number of hydrogen-bond acceptors (Lipinski definition) is 6. The Balaban J connectivity index is 2.43. The number of rotatable bonds is 5. The van der Waals surface area contributed by atoms with Crippen molar-refractivity contribution in [1.29, 1.82) is 0 Å². The Morgan fingerprint density at radius 1 is 1.09 bits per heavy atom. The maximum atomic E-state index is 12.3. The summed E-state index contributed by atoms with van der Waals surface area (Å²) in [5.41, 5.74) is 0.0749. The van der Waals surface area contributed by atoms with E-state index in [-0.39, 0.29) is 22.1 Å². The van der Waals surface area contributed by atoms with E-state index in [1.165, 1.54) is 32.2 Å². The van der Waals surface area contributed by atoms with Gasteiger partial charge in [0.15, 0.2) is 11.5 Å². The molecule has 0 atom stereocenters. The van der Waals surface area contributed by atoms with Gasteiger partial charge in [0.1, 0.15) is 4.90 Å². The van der Waals surface area contributed by atoms with Gasteiger partial charge in [0, 0.05) is 11.6 Å². The molecule has 0 spiro atoms. The average Bonchev–Trinajstić information content (AvgIpc) is 2.47. The van der Waals surface area contributed by atoms with Crippen molar-refractivity contribution < 1.29 is 22.3 Å². The van der Waals surface area contributed by atoms with E-state index < -0.39 is 15.0 Å². The van der Waals surface area contributed by atoms with Crippen LogP contribution in [0.15, 0.2) is 47.4 Å². The van der Waals surface area contributed by atoms with Gasteiger partial charge in [-0.25, -0.2) is 0 Å². The fourth-order valence-corrected chi connectivity index (χ4v) is 2.76. The van der Waals surface area contributed by atoms with Gasteiger partial charge in [-0.3, -0.25) is 10.1 Å². The van der Waals surface area contributed by atoms with Gasteiger partial charge in [0.05, 0.1) is 12.0 Å². The number of benzene rings is 2. The zero-order valence-electron chi connectivity index (χ0n) is 11.8. The first-order valence-corrected chi connectivity index (χ1v) is 7.58. The van der Waals surface area contributed by atoms with E-state index in [2.05, 4.69) is 0 Å². The number of nitrogens with zero attached hydrogens (tertiary/aromatic N) is 1. The molecule has 0 bridgehead atoms. The van der Waals surface area contributed by atoms with Gasteiger partial charge in [0.2, 0.25) is 0 Å². The first-order valence-electron chi connectivity index (χ1n) is 6.17. The van der Waals surface area contributed by atoms with Gasteiger partial charge in [-0.1, -0.05) is 18.2 Å². The van der Waals surface area contributed by atoms with Gasteiger partial charge in [-0.2, -0.15) is 8.42 Å². The van der Waals surface area contributed by atoms with Crippen LogP contribution in [0.1, 0.15) is 5.56 Å². The summed E-state index contributed by atoms with van der Waals surface area (Å²) in [6, 6.07) is 9.81. The molecule has 0 amide bonds. The minimum absolute atomic E-state index is 0.00762. The largest absolute Gasteiger partial charge is 0.493 e. The van der Waals surface area contributed by atoms with E-state index >= 15 is 0 Å². The minimum Gasteiger partial charge on any atom is -0.493 e. The average molecular weight is 323 g/mol. The molecule has 8 heteroatoms. The highest BCUT2D eigenvalue weighted by atomic mass is 32.2. The first-order chi connectivity index (χ1) is 10.3. The topological polar surface area (TPSA) is 95.7 Å². The van der Waals surface area contributed by atoms with Gasteiger partial charge in [0.25, 0.3) is 5.69 Å². The molecule has 0 heterocycles. The summed E-state index contributed by atoms with van der Waals surface area (Å²) in [7, 11) is -2.82. The van der Waals surface area contributed by atoms with E-state index in [1.807, 2.05) is 0 Å². The van der Waals surface area contributed by atoms with Crippen molar-refractivity contribution in [2.45, 2.75) is 11.8 Å². The molecule has 0 unspecified atom stereocenters. The Labute approximate surface area is 127 Å². The molecule has 0 aliphatic carbocycles. The van der Waals surface area contributed by atoms with Crippen LogP contribution in [0, 0.1) is 17.0 Å². The molecule has 2 aromatic carbocycles. The lowest BCUT2D eigenvalue weighted by Gasteiger charge is -2.10. The van der Waals surface area contributed by atoms with E-state index in [9.17, 15) is 18.5 Å². The summed E-state index contributed by atoms with van der Waals surface area (Å²) in [4.78, 5) is 9.97. The van der Waals surface area contributed by atoms with Crippen molar-refractivity contribution in [3.05, 3.63) is 58.1 Å². The number of nitro benzene ring substituents is 1. The van der Waals surface area contributed by atoms with Crippen molar-refractivity contribution >= 4 is 15.8 Å². The Morgan fingerprint density at radius 3 is 2.32 bits per heavy atom. The normalized spacial score (nSPS) is 11.0. The van der Waals surface area contributed by atoms with Crippen molar-refractivity contribution in [3.63, 3.8) is 0 Å². The van der Waals surface area contributed by atoms with Gasteiger partial charge < -0.3 is 8.92 Å². The number of ether oxygens (including phenoxy) is 1. The van der Waals surface area contributed by atoms with Gasteiger partial charge >= 0.3 is 10.1 Å². The lowest BCUT2D eigenvalue weighted by atomic mass is 10.2. The fraction of sp³-hybridized carbons (Fsp3) is 0.143. The zero-order chi connectivity index (χ0) is 16.3. The molecule has 0 aromatic heterocycles. The standard InChI is InChI=1S/C14H13NO6S/c1-10-7-8-11(9-12(10)15(16)17)22(18,19)21-14-6-4-3-5-13(14)20-2/h3-9H,1-2H3. The predicted octanol–water partition coefficient (Wildman–Crippen LogP) is 2.68. The Bertz CT molecular complexity index is 816. The number of methoxy groups -OCH3 is 1. The van der Waals surface area contributed by atoms with Crippen LogP contribution in [-0.4, -0.2) is 20.5 Å². The molecule has 0 saturated carbocycles. The van der Waals surface area contributed by atoms with Crippen molar-refractivity contribution in [1.82, 2.24) is 0 Å². The predicted molar refractivity (Wildman–Crippen MR) is 78.6 cm³/mol. The number of aryl methyl sites for hydroxylation is 1. The van der Waals surface area contributed by atoms with Crippen LogP contribution in [0.2, 0.25) is 0 Å². The first kappa shape index (κ1) is 15.8. The van der Waals surface area contributed by atoms with Crippen LogP contribution in [0.4, 0.5) is 5.69 Å². The molecule has 0 fully saturated rings. The van der Waals surface area contributed by atoms with Crippen LogP contribution in [-0.2, 0) is 10.1 Å². The SMILES string of the molecule is COc1ccccc1OS(=O)(=O)c1ccc(C)c([N+](=O)[O-])c1. The molecule has 0 aliphatic heterocycles. The van der Waals surface area contributed by atoms with Gasteiger partial charge in [-0.15, -0.1) is 0 Å². The summed E-state index contributed by atoms with van der Waals surface area (Å²) >= 11 is 0. The maximum Gasteiger partial charge on any atom is 0.339 e. The number of nitro groups is 1. The van der Waals surface area contributed by atoms with E-state index in [0.717, 1.165) is 6.07 Å². The second-order valence-electron chi connectivity index (χ2n) is 4.39. The number of hydrogen-bond donors (Lipinski definition) is 0. The second kappa shape index (κ2) is 6.02. The smallest absolute Gasteiger partial charge is 0.339 e. The van der Waals surface area contributed by atoms with Gasteiger partial charge in [-0.05, 0) is 25.1 Å². The summed E-state index contributed by atoms with van der Waals surface area (Å²) in [5.74, 6) is 0.251. The van der Waals surface area contributed by atoms with Crippen LogP contribution in [0.25, 0.3) is 0 Å². The molecule has 0 N–H and O–H groups in total. The molecule has 2 rings (SSSR count). The third-order valence-corrected chi connectivity index (χ3v) is 4.16. The van der Waals surface area contributed by atoms with Crippen molar-refractivity contribution in [2.24, 2.45) is 0 Å². The summed E-state index contributed by atoms with van der Waals surface area (Å²) in [5, 5.41) is 10.9. The fourth-order valence-electron chi connectivity index (χ4n) is 1.80. The van der Waals surface area contributed by atoms with E-state index in [4.69, 9.17) is 8.92 Å². The molecule has 22 heavy (non-hydrogen) atoms. The molecular formula is C14H13NO6S. The zero-order valence-corrected chi connectivity index (χ0v) is 12.7. The maximum absolute atomic E-state index is 12.3. The summed E-state index contributed by atoms with van der Waals surface area (Å²) < 4.78 is 34.5. The Hall–Kier alpha value is -2.61. The van der Waals surface area contributed by atoms with E-state index in [1.54, 1.807) is 18.2 Å². The van der Waals surface area contributed by atoms with Crippen LogP contribution in [0.3, 0.4) is 0 Å². The third kappa shape index (κ3) is 3.17. The summed E-state index contributed by atoms with van der Waals surface area (Å²) in [6.45, 7) is 1.52. The van der Waals surface area contributed by atoms with Crippen LogP contribution >= 0.6 is 0 Å². The Kier molecular flexibility index (Phi) is 4.32. The summed E-state index contributed by atoms with van der Waals surface area (Å²) in [6.07, 6.45) is 0. The highest BCUT2D eigenvalue weighted by molar-refractivity contribution is 7.87. The molecule has 116 valence electrons. The highest BCUT2D eigenvalue weighted by Crippen LogP contribution is 2.30. The quantitative estimate of drug-likeness (QED) is 0.477. The van der Waals surface area contributed by atoms with Crippen molar-refractivity contribution in [2.75, 3.05) is 7.11 Å².